The number of pyridine rings is 1. The fraction of sp³-hybridized carbons (Fsp3) is 0.250. The molecule has 0 unspecified atom stereocenters. The number of nitrogens with zero attached hydrogens (tertiary/aromatic N) is 3. The Balaban J connectivity index is 1.73. The summed E-state index contributed by atoms with van der Waals surface area (Å²) in [5, 5.41) is 10.6. The molecule has 27 heavy (non-hydrogen) atoms. The second-order valence-corrected chi connectivity index (χ2v) is 6.56. The Hall–Kier alpha value is -3.06. The average molecular weight is 365 g/mol. The van der Waals surface area contributed by atoms with Crippen LogP contribution in [0.1, 0.15) is 34.8 Å². The first kappa shape index (κ1) is 17.4. The van der Waals surface area contributed by atoms with Crippen LogP contribution in [0.4, 0.5) is 10.1 Å². The van der Waals surface area contributed by atoms with E-state index in [1.165, 1.54) is 12.1 Å². The van der Waals surface area contributed by atoms with Gasteiger partial charge in [0.05, 0.1) is 35.0 Å². The van der Waals surface area contributed by atoms with E-state index in [0.717, 1.165) is 31.6 Å². The lowest BCUT2D eigenvalue weighted by molar-refractivity contribution is 0.102. The van der Waals surface area contributed by atoms with E-state index in [9.17, 15) is 9.18 Å². The van der Waals surface area contributed by atoms with Gasteiger partial charge in [-0.2, -0.15) is 5.10 Å². The number of anilines is 1. The minimum atomic E-state index is -0.333. The molecule has 2 aromatic heterocycles. The van der Waals surface area contributed by atoms with Gasteiger partial charge in [-0.1, -0.05) is 6.07 Å². The number of carbonyl (C=O) groups is 1. The fourth-order valence-electron chi connectivity index (χ4n) is 3.47. The molecule has 6 nitrogen and oxygen atoms in total. The fourth-order valence-corrected chi connectivity index (χ4v) is 3.47. The largest absolute Gasteiger partial charge is 0.320 e. The Bertz CT molecular complexity index is 935. The standard InChI is InChI=1S/C20H20FN5O/c21-15-3-1-5-17(11-15)26-19(14-6-9-22-10-7-14)18(13-24-26)20(27)25-16-4-2-8-23-12-16/h1-5,8,11-14,22H,6-7,9-10H2,(H,25,27). The minimum Gasteiger partial charge on any atom is -0.320 e. The molecule has 0 saturated carbocycles. The van der Waals surface area contributed by atoms with Gasteiger partial charge in [0, 0.05) is 12.1 Å². The monoisotopic (exact) mass is 365 g/mol. The minimum absolute atomic E-state index is 0.173. The number of hydrogen-bond acceptors (Lipinski definition) is 4. The summed E-state index contributed by atoms with van der Waals surface area (Å²) < 4.78 is 15.4. The third-order valence-electron chi connectivity index (χ3n) is 4.75. The molecule has 1 amide bonds. The topological polar surface area (TPSA) is 71.8 Å². The lowest BCUT2D eigenvalue weighted by Gasteiger charge is -2.24. The Labute approximate surface area is 156 Å². The van der Waals surface area contributed by atoms with Crippen LogP contribution in [0.5, 0.6) is 0 Å². The van der Waals surface area contributed by atoms with Crippen LogP contribution in [0.15, 0.2) is 55.0 Å². The zero-order valence-electron chi connectivity index (χ0n) is 14.7. The molecule has 0 bridgehead atoms. The number of amides is 1. The van der Waals surface area contributed by atoms with Gasteiger partial charge in [0.1, 0.15) is 5.82 Å². The van der Waals surface area contributed by atoms with Crippen molar-refractivity contribution in [3.63, 3.8) is 0 Å². The summed E-state index contributed by atoms with van der Waals surface area (Å²) in [7, 11) is 0. The van der Waals surface area contributed by atoms with Gasteiger partial charge in [-0.3, -0.25) is 9.78 Å². The number of rotatable bonds is 4. The SMILES string of the molecule is O=C(Nc1cccnc1)c1cnn(-c2cccc(F)c2)c1C1CCNCC1. The first-order valence-electron chi connectivity index (χ1n) is 8.98. The zero-order valence-corrected chi connectivity index (χ0v) is 14.7. The summed E-state index contributed by atoms with van der Waals surface area (Å²) in [6.07, 6.45) is 6.60. The summed E-state index contributed by atoms with van der Waals surface area (Å²) in [6.45, 7) is 1.76. The summed E-state index contributed by atoms with van der Waals surface area (Å²) in [5.74, 6) is -0.397. The predicted molar refractivity (Wildman–Crippen MR) is 101 cm³/mol. The molecule has 1 aliphatic rings. The molecule has 0 atom stereocenters. The quantitative estimate of drug-likeness (QED) is 0.745. The van der Waals surface area contributed by atoms with Crippen molar-refractivity contribution in [3.05, 3.63) is 72.1 Å². The van der Waals surface area contributed by atoms with Crippen molar-refractivity contribution in [1.82, 2.24) is 20.1 Å². The van der Waals surface area contributed by atoms with E-state index in [0.29, 0.717) is 16.9 Å². The van der Waals surface area contributed by atoms with E-state index in [4.69, 9.17) is 0 Å². The number of piperidine rings is 1. The highest BCUT2D eigenvalue weighted by Gasteiger charge is 2.27. The molecule has 3 heterocycles. The van der Waals surface area contributed by atoms with Crippen LogP contribution in [-0.2, 0) is 0 Å². The smallest absolute Gasteiger partial charge is 0.259 e. The predicted octanol–water partition coefficient (Wildman–Crippen LogP) is 3.13. The lowest BCUT2D eigenvalue weighted by atomic mass is 9.91. The van der Waals surface area contributed by atoms with Gasteiger partial charge in [0.15, 0.2) is 0 Å². The Kier molecular flexibility index (Phi) is 4.93. The normalized spacial score (nSPS) is 14.9. The molecule has 2 N–H and O–H groups in total. The molecule has 0 spiro atoms. The molecular weight excluding hydrogens is 345 g/mol. The van der Waals surface area contributed by atoms with Gasteiger partial charge < -0.3 is 10.6 Å². The van der Waals surface area contributed by atoms with E-state index in [1.807, 2.05) is 0 Å². The molecule has 0 radical (unpaired) electrons. The van der Waals surface area contributed by atoms with Crippen molar-refractivity contribution in [1.29, 1.82) is 0 Å². The van der Waals surface area contributed by atoms with Gasteiger partial charge in [0.25, 0.3) is 5.91 Å². The van der Waals surface area contributed by atoms with Crippen molar-refractivity contribution in [2.45, 2.75) is 18.8 Å². The molecule has 1 aliphatic heterocycles. The third-order valence-corrected chi connectivity index (χ3v) is 4.75. The van der Waals surface area contributed by atoms with Crippen LogP contribution < -0.4 is 10.6 Å². The van der Waals surface area contributed by atoms with E-state index < -0.39 is 0 Å². The van der Waals surface area contributed by atoms with Gasteiger partial charge in [0.2, 0.25) is 0 Å². The van der Waals surface area contributed by atoms with E-state index in [1.54, 1.807) is 47.5 Å². The number of hydrogen-bond donors (Lipinski definition) is 2. The van der Waals surface area contributed by atoms with Crippen LogP contribution in [0, 0.1) is 5.82 Å². The summed E-state index contributed by atoms with van der Waals surface area (Å²) in [5.41, 5.74) is 2.57. The van der Waals surface area contributed by atoms with Crippen LogP contribution in [0.2, 0.25) is 0 Å². The van der Waals surface area contributed by atoms with Crippen LogP contribution >= 0.6 is 0 Å². The van der Waals surface area contributed by atoms with Gasteiger partial charge >= 0.3 is 0 Å². The highest BCUT2D eigenvalue weighted by molar-refractivity contribution is 6.05. The first-order valence-corrected chi connectivity index (χ1v) is 8.98. The molecule has 3 aromatic rings. The average Bonchev–Trinajstić information content (AvgIpc) is 3.15. The molecule has 1 fully saturated rings. The highest BCUT2D eigenvalue weighted by atomic mass is 19.1. The molecule has 4 rings (SSSR count). The first-order chi connectivity index (χ1) is 13.2. The number of halogens is 1. The van der Waals surface area contributed by atoms with Crippen molar-refractivity contribution in [2.75, 3.05) is 18.4 Å². The maximum Gasteiger partial charge on any atom is 0.259 e. The van der Waals surface area contributed by atoms with Crippen LogP contribution in [0.3, 0.4) is 0 Å². The van der Waals surface area contributed by atoms with Crippen molar-refractivity contribution in [3.8, 4) is 5.69 Å². The summed E-state index contributed by atoms with van der Waals surface area (Å²) in [6, 6.07) is 9.82. The Morgan fingerprint density at radius 2 is 2.04 bits per heavy atom. The Morgan fingerprint density at radius 1 is 1.19 bits per heavy atom. The van der Waals surface area contributed by atoms with E-state index in [-0.39, 0.29) is 17.6 Å². The van der Waals surface area contributed by atoms with E-state index in [2.05, 4.69) is 20.7 Å². The lowest BCUT2D eigenvalue weighted by Crippen LogP contribution is -2.29. The molecular formula is C20H20FN5O. The summed E-state index contributed by atoms with van der Waals surface area (Å²) >= 11 is 0. The molecule has 1 aromatic carbocycles. The maximum absolute atomic E-state index is 13.7. The highest BCUT2D eigenvalue weighted by Crippen LogP contribution is 2.30. The zero-order chi connectivity index (χ0) is 18.6. The van der Waals surface area contributed by atoms with Crippen LogP contribution in [-0.4, -0.2) is 33.8 Å². The van der Waals surface area contributed by atoms with Crippen LogP contribution in [0.25, 0.3) is 5.69 Å². The van der Waals surface area contributed by atoms with Gasteiger partial charge in [-0.25, -0.2) is 9.07 Å². The second-order valence-electron chi connectivity index (χ2n) is 6.56. The third kappa shape index (κ3) is 3.73. The molecule has 0 aliphatic carbocycles. The number of aromatic nitrogens is 3. The number of benzene rings is 1. The molecule has 1 saturated heterocycles. The Morgan fingerprint density at radius 3 is 2.78 bits per heavy atom. The van der Waals surface area contributed by atoms with Gasteiger partial charge in [-0.05, 0) is 56.3 Å². The maximum atomic E-state index is 13.7. The second kappa shape index (κ2) is 7.67. The van der Waals surface area contributed by atoms with E-state index >= 15 is 0 Å². The number of carbonyl (C=O) groups excluding carboxylic acids is 1. The summed E-state index contributed by atoms with van der Waals surface area (Å²) in [4.78, 5) is 16.9. The number of nitrogens with one attached hydrogen (secondary N) is 2. The van der Waals surface area contributed by atoms with Gasteiger partial charge in [-0.15, -0.1) is 0 Å². The van der Waals surface area contributed by atoms with Crippen molar-refractivity contribution < 1.29 is 9.18 Å². The molecule has 7 heteroatoms. The molecule has 138 valence electrons. The van der Waals surface area contributed by atoms with Crippen molar-refractivity contribution in [2.24, 2.45) is 0 Å². The van der Waals surface area contributed by atoms with Crippen molar-refractivity contribution >= 4 is 11.6 Å².